The molecule has 2 N–H and O–H groups in total. The lowest BCUT2D eigenvalue weighted by atomic mass is 10.2. The molecule has 0 aliphatic heterocycles. The molecule has 0 saturated heterocycles. The highest BCUT2D eigenvalue weighted by Gasteiger charge is 2.17. The van der Waals surface area contributed by atoms with Crippen LogP contribution in [0.25, 0.3) is 23.3 Å². The zero-order chi connectivity index (χ0) is 17.9. The predicted octanol–water partition coefficient (Wildman–Crippen LogP) is 2.40. The van der Waals surface area contributed by atoms with Crippen molar-refractivity contribution < 1.29 is 8.94 Å². The average molecular weight is 349 g/mol. The molecule has 0 aliphatic carbocycles. The minimum absolute atomic E-state index is 0.0780. The van der Waals surface area contributed by atoms with E-state index in [4.69, 9.17) is 14.7 Å². The summed E-state index contributed by atoms with van der Waals surface area (Å²) in [6.45, 7) is 0.619. The fourth-order valence-electron chi connectivity index (χ4n) is 2.39. The molecule has 26 heavy (non-hydrogen) atoms. The number of nitrogen functional groups attached to an aromatic ring is 1. The molecule has 0 radical (unpaired) electrons. The maximum Gasteiger partial charge on any atom is 0.294 e. The van der Waals surface area contributed by atoms with Gasteiger partial charge in [0, 0.05) is 13.6 Å². The molecule has 0 atom stereocenters. The van der Waals surface area contributed by atoms with Crippen LogP contribution in [0.3, 0.4) is 0 Å². The summed E-state index contributed by atoms with van der Waals surface area (Å²) < 4.78 is 10.4. The molecule has 4 aromatic rings. The number of nitrogens with zero attached hydrogens (tertiary/aromatic N) is 6. The predicted molar refractivity (Wildman–Crippen MR) is 93.8 cm³/mol. The number of aromatic nitrogens is 5. The Kier molecular flexibility index (Phi) is 4.02. The Bertz CT molecular complexity index is 999. The molecule has 0 aliphatic rings. The minimum atomic E-state index is 0.0780. The first kappa shape index (κ1) is 15.8. The van der Waals surface area contributed by atoms with E-state index in [1.165, 1.54) is 6.26 Å². The summed E-state index contributed by atoms with van der Waals surface area (Å²) in [6, 6.07) is 13.4. The van der Waals surface area contributed by atoms with Crippen LogP contribution in [0.4, 0.5) is 11.9 Å². The number of hydrogen-bond donors (Lipinski definition) is 1. The van der Waals surface area contributed by atoms with E-state index in [1.807, 2.05) is 42.3 Å². The third kappa shape index (κ3) is 3.22. The van der Waals surface area contributed by atoms with E-state index in [2.05, 4.69) is 25.1 Å². The van der Waals surface area contributed by atoms with E-state index in [9.17, 15) is 0 Å². The maximum atomic E-state index is 5.84. The van der Waals surface area contributed by atoms with Gasteiger partial charge < -0.3 is 19.6 Å². The van der Waals surface area contributed by atoms with Gasteiger partial charge in [-0.2, -0.15) is 19.9 Å². The van der Waals surface area contributed by atoms with E-state index >= 15 is 0 Å². The summed E-state index contributed by atoms with van der Waals surface area (Å²) in [6.07, 6.45) is 1.52. The van der Waals surface area contributed by atoms with Gasteiger partial charge in [-0.25, -0.2) is 0 Å². The lowest BCUT2D eigenvalue weighted by molar-refractivity contribution is 0.416. The van der Waals surface area contributed by atoms with Crippen LogP contribution in [0, 0.1) is 0 Å². The highest BCUT2D eigenvalue weighted by atomic mass is 16.5. The Labute approximate surface area is 148 Å². The van der Waals surface area contributed by atoms with Gasteiger partial charge >= 0.3 is 0 Å². The number of furan rings is 1. The van der Waals surface area contributed by atoms with Gasteiger partial charge in [0.15, 0.2) is 5.76 Å². The lowest BCUT2D eigenvalue weighted by Gasteiger charge is -2.17. The molecule has 9 nitrogen and oxygen atoms in total. The van der Waals surface area contributed by atoms with Gasteiger partial charge in [-0.3, -0.25) is 0 Å². The van der Waals surface area contributed by atoms with E-state index in [-0.39, 0.29) is 23.5 Å². The van der Waals surface area contributed by atoms with Crippen molar-refractivity contribution in [3.05, 3.63) is 54.3 Å². The monoisotopic (exact) mass is 349 g/mol. The van der Waals surface area contributed by atoms with Crippen molar-refractivity contribution in [3.63, 3.8) is 0 Å². The molecule has 4 rings (SSSR count). The van der Waals surface area contributed by atoms with Crippen molar-refractivity contribution in [1.29, 1.82) is 0 Å². The van der Waals surface area contributed by atoms with E-state index in [0.29, 0.717) is 18.3 Å². The number of rotatable bonds is 5. The molecule has 0 amide bonds. The summed E-state index contributed by atoms with van der Waals surface area (Å²) in [5.41, 5.74) is 6.96. The van der Waals surface area contributed by atoms with Gasteiger partial charge in [-0.1, -0.05) is 35.5 Å². The molecular formula is C17H15N7O2. The van der Waals surface area contributed by atoms with Gasteiger partial charge in [0.25, 0.3) is 5.89 Å². The van der Waals surface area contributed by atoms with Crippen LogP contribution in [0.1, 0.15) is 5.56 Å². The van der Waals surface area contributed by atoms with Crippen LogP contribution in [-0.2, 0) is 6.54 Å². The Morgan fingerprint density at radius 1 is 0.962 bits per heavy atom. The first-order chi connectivity index (χ1) is 12.7. The number of anilines is 2. The zero-order valence-electron chi connectivity index (χ0n) is 13.9. The summed E-state index contributed by atoms with van der Waals surface area (Å²) in [7, 11) is 1.87. The van der Waals surface area contributed by atoms with Crippen LogP contribution in [-0.4, -0.2) is 32.1 Å². The smallest absolute Gasteiger partial charge is 0.294 e. The SMILES string of the molecule is CN(Cc1ccccc1)c1nc(N)nc(-c2noc(-c3ccco3)n2)n1. The quantitative estimate of drug-likeness (QED) is 0.579. The molecule has 0 saturated carbocycles. The fourth-order valence-corrected chi connectivity index (χ4v) is 2.39. The van der Waals surface area contributed by atoms with Gasteiger partial charge in [0.2, 0.25) is 23.5 Å². The highest BCUT2D eigenvalue weighted by molar-refractivity contribution is 5.53. The summed E-state index contributed by atoms with van der Waals surface area (Å²) in [5, 5.41) is 3.89. The van der Waals surface area contributed by atoms with Crippen LogP contribution < -0.4 is 10.6 Å². The van der Waals surface area contributed by atoms with Crippen molar-refractivity contribution in [2.24, 2.45) is 0 Å². The molecule has 130 valence electrons. The zero-order valence-corrected chi connectivity index (χ0v) is 13.9. The molecule has 0 bridgehead atoms. The van der Waals surface area contributed by atoms with Crippen LogP contribution in [0.2, 0.25) is 0 Å². The summed E-state index contributed by atoms with van der Waals surface area (Å²) in [4.78, 5) is 18.8. The molecule has 0 fully saturated rings. The van der Waals surface area contributed by atoms with Gasteiger partial charge in [0.05, 0.1) is 6.26 Å². The molecular weight excluding hydrogens is 334 g/mol. The Balaban J connectivity index is 1.62. The molecule has 3 heterocycles. The molecule has 0 unspecified atom stereocenters. The minimum Gasteiger partial charge on any atom is -0.459 e. The van der Waals surface area contributed by atoms with E-state index < -0.39 is 0 Å². The Morgan fingerprint density at radius 2 is 1.81 bits per heavy atom. The molecule has 1 aromatic carbocycles. The second-order valence-corrected chi connectivity index (χ2v) is 5.56. The topological polar surface area (TPSA) is 120 Å². The largest absolute Gasteiger partial charge is 0.459 e. The van der Waals surface area contributed by atoms with Crippen LogP contribution in [0.5, 0.6) is 0 Å². The van der Waals surface area contributed by atoms with Crippen molar-refractivity contribution >= 4 is 11.9 Å². The van der Waals surface area contributed by atoms with Crippen molar-refractivity contribution in [1.82, 2.24) is 25.1 Å². The number of hydrogen-bond acceptors (Lipinski definition) is 9. The Hall–Kier alpha value is -3.75. The van der Waals surface area contributed by atoms with Gasteiger partial charge in [-0.05, 0) is 17.7 Å². The van der Waals surface area contributed by atoms with Gasteiger partial charge in [-0.15, -0.1) is 0 Å². The first-order valence-corrected chi connectivity index (χ1v) is 7.83. The summed E-state index contributed by atoms with van der Waals surface area (Å²) in [5.74, 6) is 1.64. The lowest BCUT2D eigenvalue weighted by Crippen LogP contribution is -2.20. The van der Waals surface area contributed by atoms with Crippen LogP contribution in [0.15, 0.2) is 57.7 Å². The van der Waals surface area contributed by atoms with E-state index in [1.54, 1.807) is 12.1 Å². The molecule has 0 spiro atoms. The van der Waals surface area contributed by atoms with Crippen molar-refractivity contribution in [3.8, 4) is 23.3 Å². The first-order valence-electron chi connectivity index (χ1n) is 7.83. The molecule has 9 heteroatoms. The number of nitrogens with two attached hydrogens (primary N) is 1. The van der Waals surface area contributed by atoms with Crippen molar-refractivity contribution in [2.75, 3.05) is 17.7 Å². The van der Waals surface area contributed by atoms with Crippen molar-refractivity contribution in [2.45, 2.75) is 6.54 Å². The fraction of sp³-hybridized carbons (Fsp3) is 0.118. The second kappa shape index (κ2) is 6.63. The van der Waals surface area contributed by atoms with Gasteiger partial charge in [0.1, 0.15) is 0 Å². The Morgan fingerprint density at radius 3 is 2.58 bits per heavy atom. The van der Waals surface area contributed by atoms with Crippen LogP contribution >= 0.6 is 0 Å². The molecule has 3 aromatic heterocycles. The third-order valence-corrected chi connectivity index (χ3v) is 3.60. The maximum absolute atomic E-state index is 5.84. The number of benzene rings is 1. The second-order valence-electron chi connectivity index (χ2n) is 5.56. The summed E-state index contributed by atoms with van der Waals surface area (Å²) >= 11 is 0. The van der Waals surface area contributed by atoms with E-state index in [0.717, 1.165) is 5.56 Å². The standard InChI is InChI=1S/C17H15N7O2/c1-24(10-11-6-3-2-4-7-11)17-21-13(20-16(18)22-17)14-19-15(26-23-14)12-8-5-9-25-12/h2-9H,10H2,1H3,(H2,18,20,21,22). The third-order valence-electron chi connectivity index (χ3n) is 3.60. The normalized spacial score (nSPS) is 10.8. The average Bonchev–Trinajstić information content (AvgIpc) is 3.33. The highest BCUT2D eigenvalue weighted by Crippen LogP contribution is 2.22.